The Morgan fingerprint density at radius 3 is 2.38 bits per heavy atom. The molecule has 2 rings (SSSR count). The van der Waals surface area contributed by atoms with E-state index in [1.807, 2.05) is 12.1 Å². The molecule has 1 aromatic rings. The SMILES string of the molecule is CN1CCN(c2ccc(CCl)nn2)CC1.Cl. The van der Waals surface area contributed by atoms with E-state index in [2.05, 4.69) is 27.0 Å². The minimum Gasteiger partial charge on any atom is -0.353 e. The average Bonchev–Trinajstić information content (AvgIpc) is 2.30. The van der Waals surface area contributed by atoms with Crippen LogP contribution in [0.15, 0.2) is 12.1 Å². The predicted octanol–water partition coefficient (Wildman–Crippen LogP) is 1.39. The molecule has 0 spiro atoms. The number of alkyl halides is 1. The normalized spacial score (nSPS) is 17.0. The number of halogens is 2. The maximum Gasteiger partial charge on any atom is 0.151 e. The van der Waals surface area contributed by atoms with Gasteiger partial charge in [-0.2, -0.15) is 5.10 Å². The minimum atomic E-state index is 0. The Labute approximate surface area is 107 Å². The number of nitrogens with zero attached hydrogens (tertiary/aromatic N) is 4. The summed E-state index contributed by atoms with van der Waals surface area (Å²) in [6.07, 6.45) is 0. The molecule has 6 heteroatoms. The highest BCUT2D eigenvalue weighted by atomic mass is 35.5. The van der Waals surface area contributed by atoms with Crippen LogP contribution in [0.4, 0.5) is 5.82 Å². The summed E-state index contributed by atoms with van der Waals surface area (Å²) in [5.41, 5.74) is 0.828. The second kappa shape index (κ2) is 6.23. The molecule has 0 bridgehead atoms. The Hall–Kier alpha value is -0.580. The van der Waals surface area contributed by atoms with E-state index < -0.39 is 0 Å². The van der Waals surface area contributed by atoms with E-state index in [-0.39, 0.29) is 12.4 Å². The fourth-order valence-electron chi connectivity index (χ4n) is 1.63. The van der Waals surface area contributed by atoms with Gasteiger partial charge in [0.25, 0.3) is 0 Å². The first-order valence-electron chi connectivity index (χ1n) is 5.11. The van der Waals surface area contributed by atoms with Gasteiger partial charge in [-0.1, -0.05) is 0 Å². The number of hydrogen-bond acceptors (Lipinski definition) is 4. The van der Waals surface area contributed by atoms with Crippen LogP contribution < -0.4 is 4.90 Å². The summed E-state index contributed by atoms with van der Waals surface area (Å²) in [5.74, 6) is 1.38. The summed E-state index contributed by atoms with van der Waals surface area (Å²) < 4.78 is 0. The summed E-state index contributed by atoms with van der Waals surface area (Å²) in [6.45, 7) is 4.20. The van der Waals surface area contributed by atoms with Crippen LogP contribution in [0.1, 0.15) is 5.69 Å². The van der Waals surface area contributed by atoms with Crippen molar-refractivity contribution in [3.63, 3.8) is 0 Å². The van der Waals surface area contributed by atoms with Gasteiger partial charge < -0.3 is 9.80 Å². The lowest BCUT2D eigenvalue weighted by Crippen LogP contribution is -2.44. The molecule has 0 aliphatic carbocycles. The van der Waals surface area contributed by atoms with Gasteiger partial charge in [0.2, 0.25) is 0 Å². The quantitative estimate of drug-likeness (QED) is 0.755. The van der Waals surface area contributed by atoms with E-state index in [4.69, 9.17) is 11.6 Å². The van der Waals surface area contributed by atoms with Gasteiger partial charge in [0, 0.05) is 26.2 Å². The van der Waals surface area contributed by atoms with Crippen molar-refractivity contribution in [2.75, 3.05) is 38.1 Å². The molecule has 1 saturated heterocycles. The van der Waals surface area contributed by atoms with Crippen LogP contribution in [-0.4, -0.2) is 48.3 Å². The highest BCUT2D eigenvalue weighted by Gasteiger charge is 2.15. The summed E-state index contributed by atoms with van der Waals surface area (Å²) in [5, 5.41) is 8.23. The van der Waals surface area contributed by atoms with Gasteiger partial charge in [-0.3, -0.25) is 0 Å². The Morgan fingerprint density at radius 1 is 1.19 bits per heavy atom. The van der Waals surface area contributed by atoms with Gasteiger partial charge >= 0.3 is 0 Å². The number of anilines is 1. The highest BCUT2D eigenvalue weighted by Crippen LogP contribution is 2.12. The lowest BCUT2D eigenvalue weighted by molar-refractivity contribution is 0.311. The van der Waals surface area contributed by atoms with E-state index >= 15 is 0 Å². The number of piperazine rings is 1. The highest BCUT2D eigenvalue weighted by molar-refractivity contribution is 6.16. The summed E-state index contributed by atoms with van der Waals surface area (Å²) >= 11 is 5.66. The number of rotatable bonds is 2. The van der Waals surface area contributed by atoms with E-state index in [9.17, 15) is 0 Å². The first-order valence-corrected chi connectivity index (χ1v) is 5.65. The van der Waals surface area contributed by atoms with E-state index in [0.29, 0.717) is 5.88 Å². The number of hydrogen-bond donors (Lipinski definition) is 0. The maximum absolute atomic E-state index is 5.66. The second-order valence-electron chi connectivity index (χ2n) is 3.81. The zero-order valence-corrected chi connectivity index (χ0v) is 10.8. The topological polar surface area (TPSA) is 32.3 Å². The zero-order chi connectivity index (χ0) is 10.7. The monoisotopic (exact) mass is 262 g/mol. The number of likely N-dealkylation sites (N-methyl/N-ethyl adjacent to an activating group) is 1. The largest absolute Gasteiger partial charge is 0.353 e. The van der Waals surface area contributed by atoms with Gasteiger partial charge in [0.05, 0.1) is 11.6 Å². The lowest BCUT2D eigenvalue weighted by atomic mass is 10.3. The predicted molar refractivity (Wildman–Crippen MR) is 68.5 cm³/mol. The number of aromatic nitrogens is 2. The zero-order valence-electron chi connectivity index (χ0n) is 9.27. The molecule has 0 aromatic carbocycles. The Balaban J connectivity index is 0.00000128. The van der Waals surface area contributed by atoms with Crippen molar-refractivity contribution < 1.29 is 0 Å². The molecule has 16 heavy (non-hydrogen) atoms. The van der Waals surface area contributed by atoms with Crippen molar-refractivity contribution in [3.8, 4) is 0 Å². The van der Waals surface area contributed by atoms with Gasteiger partial charge in [0.1, 0.15) is 0 Å². The first-order chi connectivity index (χ1) is 7.29. The third-order valence-electron chi connectivity index (χ3n) is 2.67. The molecule has 2 heterocycles. The van der Waals surface area contributed by atoms with Crippen molar-refractivity contribution in [1.29, 1.82) is 0 Å². The molecule has 0 saturated carbocycles. The van der Waals surface area contributed by atoms with Crippen LogP contribution in [-0.2, 0) is 5.88 Å². The molecular weight excluding hydrogens is 247 g/mol. The first kappa shape index (κ1) is 13.5. The summed E-state index contributed by atoms with van der Waals surface area (Å²) in [7, 11) is 2.14. The molecule has 1 aromatic heterocycles. The fourth-order valence-corrected chi connectivity index (χ4v) is 1.77. The van der Waals surface area contributed by atoms with E-state index in [0.717, 1.165) is 37.7 Å². The molecule has 0 amide bonds. The molecule has 0 N–H and O–H groups in total. The van der Waals surface area contributed by atoms with Gasteiger partial charge in [-0.15, -0.1) is 29.1 Å². The molecule has 1 aliphatic heterocycles. The smallest absolute Gasteiger partial charge is 0.151 e. The molecule has 90 valence electrons. The van der Waals surface area contributed by atoms with Crippen molar-refractivity contribution in [3.05, 3.63) is 17.8 Å². The van der Waals surface area contributed by atoms with Crippen molar-refractivity contribution in [2.45, 2.75) is 5.88 Å². The lowest BCUT2D eigenvalue weighted by Gasteiger charge is -2.32. The van der Waals surface area contributed by atoms with E-state index in [1.54, 1.807) is 0 Å². The molecule has 1 fully saturated rings. The standard InChI is InChI=1S/C10H15ClN4.ClH/c1-14-4-6-15(7-5-14)10-3-2-9(8-11)12-13-10;/h2-3H,4-8H2,1H3;1H. The van der Waals surface area contributed by atoms with E-state index in [1.165, 1.54) is 0 Å². The Morgan fingerprint density at radius 2 is 1.88 bits per heavy atom. The molecule has 0 radical (unpaired) electrons. The van der Waals surface area contributed by atoms with Crippen LogP contribution in [0.5, 0.6) is 0 Å². The molecule has 4 nitrogen and oxygen atoms in total. The molecule has 0 atom stereocenters. The van der Waals surface area contributed by atoms with Crippen molar-refractivity contribution in [1.82, 2.24) is 15.1 Å². The van der Waals surface area contributed by atoms with Gasteiger partial charge in [0.15, 0.2) is 5.82 Å². The second-order valence-corrected chi connectivity index (χ2v) is 4.07. The Bertz CT molecular complexity index is 309. The minimum absolute atomic E-state index is 0. The third kappa shape index (κ3) is 3.20. The van der Waals surface area contributed by atoms with Gasteiger partial charge in [-0.25, -0.2) is 0 Å². The van der Waals surface area contributed by atoms with Crippen molar-refractivity contribution in [2.24, 2.45) is 0 Å². The maximum atomic E-state index is 5.66. The van der Waals surface area contributed by atoms with Crippen molar-refractivity contribution >= 4 is 29.8 Å². The average molecular weight is 263 g/mol. The summed E-state index contributed by atoms with van der Waals surface area (Å²) in [4.78, 5) is 4.57. The molecule has 1 aliphatic rings. The fraction of sp³-hybridized carbons (Fsp3) is 0.600. The molecular formula is C10H16Cl2N4. The van der Waals surface area contributed by atoms with Gasteiger partial charge in [-0.05, 0) is 19.2 Å². The van der Waals surface area contributed by atoms with Crippen LogP contribution in [0.2, 0.25) is 0 Å². The van der Waals surface area contributed by atoms with Crippen LogP contribution in [0.3, 0.4) is 0 Å². The summed E-state index contributed by atoms with van der Waals surface area (Å²) in [6, 6.07) is 3.93. The Kier molecular flexibility index (Phi) is 5.25. The van der Waals surface area contributed by atoms with Crippen LogP contribution in [0.25, 0.3) is 0 Å². The van der Waals surface area contributed by atoms with Crippen LogP contribution in [0, 0.1) is 0 Å². The van der Waals surface area contributed by atoms with Crippen LogP contribution >= 0.6 is 24.0 Å². The third-order valence-corrected chi connectivity index (χ3v) is 2.94. The molecule has 0 unspecified atom stereocenters.